The predicted molar refractivity (Wildman–Crippen MR) is 113 cm³/mol. The molecule has 160 valence electrons. The van der Waals surface area contributed by atoms with E-state index in [1.54, 1.807) is 24.4 Å². The molecule has 1 aliphatic rings. The fourth-order valence-corrected chi connectivity index (χ4v) is 3.68. The van der Waals surface area contributed by atoms with Crippen LogP contribution in [0.5, 0.6) is 5.75 Å². The van der Waals surface area contributed by atoms with E-state index in [1.165, 1.54) is 7.11 Å². The minimum absolute atomic E-state index is 0.0533. The lowest BCUT2D eigenvalue weighted by molar-refractivity contribution is 0.0814. The molecule has 2 aromatic heterocycles. The number of ether oxygens (including phenoxy) is 1. The van der Waals surface area contributed by atoms with Crippen LogP contribution < -0.4 is 15.4 Å². The number of halogens is 3. The first-order chi connectivity index (χ1) is 14.9. The second-order valence-electron chi connectivity index (χ2n) is 7.29. The average Bonchev–Trinajstić information content (AvgIpc) is 2.70. The van der Waals surface area contributed by atoms with Gasteiger partial charge in [0.25, 0.3) is 5.91 Å². The SMILES string of the molecule is COc1ccc(Nc2cc(F)cc(F)c2)nc1C(=O)NC1(c2ccc(Cl)nc2)CCC1. The summed E-state index contributed by atoms with van der Waals surface area (Å²) in [6.07, 6.45) is 4.12. The third kappa shape index (κ3) is 4.44. The molecule has 1 aliphatic carbocycles. The molecule has 2 N–H and O–H groups in total. The number of anilines is 2. The average molecular weight is 445 g/mol. The topological polar surface area (TPSA) is 76.1 Å². The normalized spacial score (nSPS) is 14.5. The fraction of sp³-hybridized carbons (Fsp3) is 0.227. The largest absolute Gasteiger partial charge is 0.494 e. The number of benzene rings is 1. The molecule has 4 rings (SSSR count). The van der Waals surface area contributed by atoms with Crippen LogP contribution in [-0.4, -0.2) is 23.0 Å². The lowest BCUT2D eigenvalue weighted by atomic mass is 9.72. The summed E-state index contributed by atoms with van der Waals surface area (Å²) in [4.78, 5) is 21.6. The Balaban J connectivity index is 1.60. The molecule has 6 nitrogen and oxygen atoms in total. The monoisotopic (exact) mass is 444 g/mol. The minimum atomic E-state index is -0.725. The van der Waals surface area contributed by atoms with E-state index < -0.39 is 23.1 Å². The number of amides is 1. The van der Waals surface area contributed by atoms with Crippen LogP contribution in [-0.2, 0) is 5.54 Å². The second-order valence-corrected chi connectivity index (χ2v) is 7.68. The van der Waals surface area contributed by atoms with Crippen LogP contribution >= 0.6 is 11.6 Å². The number of nitrogens with one attached hydrogen (secondary N) is 2. The van der Waals surface area contributed by atoms with Crippen molar-refractivity contribution < 1.29 is 18.3 Å². The molecule has 0 bridgehead atoms. The van der Waals surface area contributed by atoms with E-state index in [-0.39, 0.29) is 22.9 Å². The molecule has 0 aliphatic heterocycles. The fourth-order valence-electron chi connectivity index (χ4n) is 3.57. The molecular weight excluding hydrogens is 426 g/mol. The van der Waals surface area contributed by atoms with Gasteiger partial charge in [-0.1, -0.05) is 17.7 Å². The Bertz CT molecular complexity index is 1100. The molecule has 2 heterocycles. The first-order valence-corrected chi connectivity index (χ1v) is 9.99. The maximum absolute atomic E-state index is 13.5. The quantitative estimate of drug-likeness (QED) is 0.525. The predicted octanol–water partition coefficient (Wildman–Crippen LogP) is 4.97. The molecular formula is C22H19ClF2N4O2. The Hall–Kier alpha value is -3.26. The third-order valence-corrected chi connectivity index (χ3v) is 5.49. The molecule has 0 radical (unpaired) electrons. The van der Waals surface area contributed by atoms with Crippen LogP contribution in [0.2, 0.25) is 5.15 Å². The van der Waals surface area contributed by atoms with Crippen LogP contribution in [0.4, 0.5) is 20.3 Å². The van der Waals surface area contributed by atoms with Gasteiger partial charge in [0.05, 0.1) is 12.6 Å². The highest BCUT2D eigenvalue weighted by molar-refractivity contribution is 6.29. The van der Waals surface area contributed by atoms with Crippen molar-refractivity contribution in [3.05, 3.63) is 76.7 Å². The van der Waals surface area contributed by atoms with E-state index in [4.69, 9.17) is 16.3 Å². The zero-order valence-corrected chi connectivity index (χ0v) is 17.3. The molecule has 1 amide bonds. The molecule has 0 spiro atoms. The second kappa shape index (κ2) is 8.47. The summed E-state index contributed by atoms with van der Waals surface area (Å²) >= 11 is 5.89. The summed E-state index contributed by atoms with van der Waals surface area (Å²) in [5.41, 5.74) is 0.526. The summed E-state index contributed by atoms with van der Waals surface area (Å²) < 4.78 is 32.2. The Kier molecular flexibility index (Phi) is 5.73. The first kappa shape index (κ1) is 21.0. The molecule has 0 atom stereocenters. The smallest absolute Gasteiger partial charge is 0.274 e. The number of hydrogen-bond donors (Lipinski definition) is 2. The molecule has 1 fully saturated rings. The van der Waals surface area contributed by atoms with Gasteiger partial charge in [0.2, 0.25) is 0 Å². The molecule has 1 aromatic carbocycles. The lowest BCUT2D eigenvalue weighted by Gasteiger charge is -2.42. The summed E-state index contributed by atoms with van der Waals surface area (Å²) in [7, 11) is 1.44. The van der Waals surface area contributed by atoms with E-state index in [0.717, 1.165) is 43.0 Å². The Labute approximate surface area is 182 Å². The van der Waals surface area contributed by atoms with Gasteiger partial charge in [-0.15, -0.1) is 0 Å². The molecule has 0 saturated heterocycles. The van der Waals surface area contributed by atoms with E-state index in [1.807, 2.05) is 6.07 Å². The molecule has 0 unspecified atom stereocenters. The summed E-state index contributed by atoms with van der Waals surface area (Å²) in [5, 5.41) is 6.24. The highest BCUT2D eigenvalue weighted by Crippen LogP contribution is 2.41. The molecule has 31 heavy (non-hydrogen) atoms. The molecule has 3 aromatic rings. The Morgan fingerprint density at radius 2 is 1.87 bits per heavy atom. The van der Waals surface area contributed by atoms with E-state index in [9.17, 15) is 13.6 Å². The van der Waals surface area contributed by atoms with Gasteiger partial charge in [0.1, 0.15) is 28.4 Å². The number of hydrogen-bond acceptors (Lipinski definition) is 5. The van der Waals surface area contributed by atoms with Crippen molar-refractivity contribution in [3.63, 3.8) is 0 Å². The molecule has 1 saturated carbocycles. The number of nitrogens with zero attached hydrogens (tertiary/aromatic N) is 2. The van der Waals surface area contributed by atoms with Crippen molar-refractivity contribution in [3.8, 4) is 5.75 Å². The minimum Gasteiger partial charge on any atom is -0.494 e. The van der Waals surface area contributed by atoms with Gasteiger partial charge in [-0.3, -0.25) is 4.79 Å². The van der Waals surface area contributed by atoms with Crippen LogP contribution in [0.15, 0.2) is 48.7 Å². The van der Waals surface area contributed by atoms with Crippen molar-refractivity contribution in [2.75, 3.05) is 12.4 Å². The van der Waals surface area contributed by atoms with Gasteiger partial charge in [0.15, 0.2) is 5.69 Å². The highest BCUT2D eigenvalue weighted by atomic mass is 35.5. The highest BCUT2D eigenvalue weighted by Gasteiger charge is 2.41. The van der Waals surface area contributed by atoms with Gasteiger partial charge in [-0.2, -0.15) is 0 Å². The molecule has 9 heteroatoms. The number of methoxy groups -OCH3 is 1. The van der Waals surface area contributed by atoms with Crippen LogP contribution in [0.1, 0.15) is 35.3 Å². The van der Waals surface area contributed by atoms with Crippen molar-refractivity contribution in [1.82, 2.24) is 15.3 Å². The zero-order valence-electron chi connectivity index (χ0n) is 16.6. The van der Waals surface area contributed by atoms with Gasteiger partial charge < -0.3 is 15.4 Å². The van der Waals surface area contributed by atoms with Crippen molar-refractivity contribution in [1.29, 1.82) is 0 Å². The van der Waals surface area contributed by atoms with Crippen molar-refractivity contribution in [2.24, 2.45) is 0 Å². The summed E-state index contributed by atoms with van der Waals surface area (Å²) in [5.74, 6) is -1.36. The first-order valence-electron chi connectivity index (χ1n) is 9.61. The maximum atomic E-state index is 13.5. The standard InChI is InChI=1S/C22H19ClF2N4O2/c1-31-17-4-6-19(27-16-10-14(24)9-15(25)11-16)28-20(17)21(30)29-22(7-2-8-22)13-3-5-18(23)26-12-13/h3-6,9-12H,2,7-8H2,1H3,(H,27,28)(H,29,30). The lowest BCUT2D eigenvalue weighted by Crippen LogP contribution is -2.51. The van der Waals surface area contributed by atoms with Crippen LogP contribution in [0.3, 0.4) is 0 Å². The summed E-state index contributed by atoms with van der Waals surface area (Å²) in [6.45, 7) is 0. The van der Waals surface area contributed by atoms with E-state index in [0.29, 0.717) is 5.15 Å². The number of pyridine rings is 2. The van der Waals surface area contributed by atoms with Gasteiger partial charge >= 0.3 is 0 Å². The zero-order chi connectivity index (χ0) is 22.0. The third-order valence-electron chi connectivity index (χ3n) is 5.27. The number of aromatic nitrogens is 2. The van der Waals surface area contributed by atoms with Crippen LogP contribution in [0.25, 0.3) is 0 Å². The van der Waals surface area contributed by atoms with E-state index in [2.05, 4.69) is 20.6 Å². The number of carbonyl (C=O) groups is 1. The van der Waals surface area contributed by atoms with Crippen LogP contribution in [0, 0.1) is 11.6 Å². The summed E-state index contributed by atoms with van der Waals surface area (Å²) in [6, 6.07) is 9.69. The van der Waals surface area contributed by atoms with Crippen molar-refractivity contribution in [2.45, 2.75) is 24.8 Å². The maximum Gasteiger partial charge on any atom is 0.274 e. The van der Waals surface area contributed by atoms with Gasteiger partial charge in [-0.05, 0) is 55.2 Å². The van der Waals surface area contributed by atoms with Gasteiger partial charge in [0, 0.05) is 18.0 Å². The number of rotatable bonds is 6. The number of carbonyl (C=O) groups excluding carboxylic acids is 1. The van der Waals surface area contributed by atoms with Gasteiger partial charge in [-0.25, -0.2) is 18.7 Å². The Morgan fingerprint density at radius 3 is 2.45 bits per heavy atom. The van der Waals surface area contributed by atoms with E-state index >= 15 is 0 Å². The Morgan fingerprint density at radius 1 is 1.13 bits per heavy atom. The van der Waals surface area contributed by atoms with Crippen molar-refractivity contribution >= 4 is 29.0 Å².